The number of phenolic OH excluding ortho intramolecular Hbond substituents is 1. The lowest BCUT2D eigenvalue weighted by Crippen LogP contribution is -2.17. The molecule has 2 amide bonds. The summed E-state index contributed by atoms with van der Waals surface area (Å²) in [7, 11) is 3.45. The third-order valence-corrected chi connectivity index (χ3v) is 2.91. The van der Waals surface area contributed by atoms with Crippen LogP contribution < -0.4 is 5.43 Å². The summed E-state index contributed by atoms with van der Waals surface area (Å²) in [5.41, 5.74) is 2.53. The van der Waals surface area contributed by atoms with Crippen molar-refractivity contribution in [2.24, 2.45) is 5.10 Å². The highest BCUT2D eigenvalue weighted by Gasteiger charge is 2.10. The molecule has 0 bridgehead atoms. The van der Waals surface area contributed by atoms with E-state index in [1.54, 1.807) is 14.1 Å². The molecule has 1 heterocycles. The Morgan fingerprint density at radius 1 is 1.23 bits per heavy atom. The summed E-state index contributed by atoms with van der Waals surface area (Å²) in [6.45, 7) is 1.53. The topological polar surface area (TPSA) is 138 Å². The molecule has 0 aliphatic rings. The van der Waals surface area contributed by atoms with Gasteiger partial charge in [-0.2, -0.15) is 5.10 Å². The normalized spacial score (nSPS) is 9.96. The number of nitrogens with zero attached hydrogens (tertiary/aromatic N) is 3. The van der Waals surface area contributed by atoms with Crippen molar-refractivity contribution in [1.29, 1.82) is 0 Å². The first-order valence-corrected chi connectivity index (χ1v) is 7.25. The Morgan fingerprint density at radius 3 is 2.27 bits per heavy atom. The van der Waals surface area contributed by atoms with E-state index in [-0.39, 0.29) is 17.4 Å². The molecule has 2 aromatic rings. The number of carbonyl (C=O) groups is 2. The SMILES string of the molecule is CC(=O)N(C)C.O=C(N/N=C/c1ccc([N+](=O)[O-])o1)c1ccc(O)cc1. The maximum atomic E-state index is 11.6. The van der Waals surface area contributed by atoms with Gasteiger partial charge >= 0.3 is 5.88 Å². The van der Waals surface area contributed by atoms with E-state index in [9.17, 15) is 19.7 Å². The fourth-order valence-electron chi connectivity index (χ4n) is 1.34. The zero-order valence-corrected chi connectivity index (χ0v) is 14.4. The Kier molecular flexibility index (Phi) is 7.49. The van der Waals surface area contributed by atoms with E-state index in [1.807, 2.05) is 0 Å². The van der Waals surface area contributed by atoms with Gasteiger partial charge in [-0.05, 0) is 30.3 Å². The summed E-state index contributed by atoms with van der Waals surface area (Å²) >= 11 is 0. The predicted molar refractivity (Wildman–Crippen MR) is 92.9 cm³/mol. The van der Waals surface area contributed by atoms with E-state index in [0.717, 1.165) is 6.21 Å². The van der Waals surface area contributed by atoms with Crippen molar-refractivity contribution in [2.45, 2.75) is 6.92 Å². The van der Waals surface area contributed by atoms with Crippen LogP contribution in [0.2, 0.25) is 0 Å². The van der Waals surface area contributed by atoms with Gasteiger partial charge in [0.25, 0.3) is 5.91 Å². The standard InChI is InChI=1S/C12H9N3O5.C4H9NO/c16-9-3-1-8(2-4-9)12(17)14-13-7-10-5-6-11(20-10)15(18)19;1-4(6)5(2)3/h1-7,16H,(H,14,17);1-3H3/b13-7+;. The first-order chi connectivity index (χ1) is 12.2. The molecule has 1 aromatic carbocycles. The number of rotatable bonds is 4. The van der Waals surface area contributed by atoms with E-state index in [4.69, 9.17) is 9.52 Å². The van der Waals surface area contributed by atoms with Gasteiger partial charge in [-0.3, -0.25) is 19.7 Å². The number of hydrazone groups is 1. The van der Waals surface area contributed by atoms with E-state index >= 15 is 0 Å². The van der Waals surface area contributed by atoms with Crippen molar-refractivity contribution >= 4 is 23.9 Å². The average molecular weight is 362 g/mol. The monoisotopic (exact) mass is 362 g/mol. The second kappa shape index (κ2) is 9.57. The minimum absolute atomic E-state index is 0.0490. The molecule has 0 spiro atoms. The summed E-state index contributed by atoms with van der Waals surface area (Å²) in [6, 6.07) is 8.14. The van der Waals surface area contributed by atoms with Crippen molar-refractivity contribution in [3.63, 3.8) is 0 Å². The maximum Gasteiger partial charge on any atom is 0.433 e. The molecule has 10 heteroatoms. The Bertz CT molecular complexity index is 795. The fourth-order valence-corrected chi connectivity index (χ4v) is 1.34. The Labute approximate surface area is 148 Å². The van der Waals surface area contributed by atoms with Gasteiger partial charge in [0.15, 0.2) is 5.76 Å². The number of hydrogen-bond donors (Lipinski definition) is 2. The molecule has 0 saturated carbocycles. The van der Waals surface area contributed by atoms with Gasteiger partial charge in [-0.1, -0.05) is 0 Å². The lowest BCUT2D eigenvalue weighted by Gasteiger charge is -2.02. The van der Waals surface area contributed by atoms with Crippen LogP contribution in [0.5, 0.6) is 5.75 Å². The maximum absolute atomic E-state index is 11.6. The first-order valence-electron chi connectivity index (χ1n) is 7.25. The number of phenols is 1. The fraction of sp³-hybridized carbons (Fsp3) is 0.188. The highest BCUT2D eigenvalue weighted by Crippen LogP contribution is 2.13. The summed E-state index contributed by atoms with van der Waals surface area (Å²) in [6.07, 6.45) is 1.14. The number of nitrogens with one attached hydrogen (secondary N) is 1. The van der Waals surface area contributed by atoms with Crippen LogP contribution in [0.1, 0.15) is 23.0 Å². The number of benzene rings is 1. The van der Waals surface area contributed by atoms with E-state index < -0.39 is 16.7 Å². The molecule has 0 atom stereocenters. The average Bonchev–Trinajstić information content (AvgIpc) is 3.05. The summed E-state index contributed by atoms with van der Waals surface area (Å²) in [5.74, 6) is -0.607. The quantitative estimate of drug-likeness (QED) is 0.483. The molecule has 138 valence electrons. The molecule has 26 heavy (non-hydrogen) atoms. The van der Waals surface area contributed by atoms with Crippen LogP contribution >= 0.6 is 0 Å². The Morgan fingerprint density at radius 2 is 1.81 bits per heavy atom. The highest BCUT2D eigenvalue weighted by atomic mass is 16.6. The highest BCUT2D eigenvalue weighted by molar-refractivity contribution is 5.94. The van der Waals surface area contributed by atoms with Crippen molar-refractivity contribution < 1.29 is 24.0 Å². The number of carbonyl (C=O) groups excluding carboxylic acids is 2. The largest absolute Gasteiger partial charge is 0.508 e. The van der Waals surface area contributed by atoms with Crippen molar-refractivity contribution in [3.05, 3.63) is 57.8 Å². The van der Waals surface area contributed by atoms with E-state index in [1.165, 1.54) is 48.2 Å². The summed E-state index contributed by atoms with van der Waals surface area (Å²) < 4.78 is 4.82. The van der Waals surface area contributed by atoms with Gasteiger partial charge in [-0.25, -0.2) is 5.43 Å². The molecule has 2 N–H and O–H groups in total. The van der Waals surface area contributed by atoms with Crippen molar-refractivity contribution in [3.8, 4) is 5.75 Å². The van der Waals surface area contributed by atoms with Gasteiger partial charge in [0.1, 0.15) is 10.7 Å². The van der Waals surface area contributed by atoms with Crippen LogP contribution in [0.3, 0.4) is 0 Å². The molecule has 10 nitrogen and oxygen atoms in total. The number of furan rings is 1. The molecule has 0 aliphatic carbocycles. The van der Waals surface area contributed by atoms with Crippen LogP contribution in [-0.4, -0.2) is 47.1 Å². The van der Waals surface area contributed by atoms with Crippen LogP contribution in [0.15, 0.2) is 45.9 Å². The summed E-state index contributed by atoms with van der Waals surface area (Å²) in [4.78, 5) is 32.9. The van der Waals surface area contributed by atoms with Gasteiger partial charge in [0.2, 0.25) is 5.91 Å². The van der Waals surface area contributed by atoms with E-state index in [2.05, 4.69) is 10.5 Å². The van der Waals surface area contributed by atoms with Gasteiger partial charge in [-0.15, -0.1) is 0 Å². The van der Waals surface area contributed by atoms with E-state index in [0.29, 0.717) is 5.56 Å². The number of aromatic hydroxyl groups is 1. The van der Waals surface area contributed by atoms with Crippen molar-refractivity contribution in [2.75, 3.05) is 14.1 Å². The van der Waals surface area contributed by atoms with Crippen LogP contribution in [-0.2, 0) is 4.79 Å². The molecular weight excluding hydrogens is 344 g/mol. The van der Waals surface area contributed by atoms with Gasteiger partial charge < -0.3 is 14.4 Å². The van der Waals surface area contributed by atoms with Crippen LogP contribution in [0, 0.1) is 10.1 Å². The van der Waals surface area contributed by atoms with Crippen LogP contribution in [0.4, 0.5) is 5.88 Å². The Balaban J connectivity index is 0.000000487. The molecule has 0 saturated heterocycles. The predicted octanol–water partition coefficient (Wildman–Crippen LogP) is 1.75. The van der Waals surface area contributed by atoms with Crippen LogP contribution in [0.25, 0.3) is 0 Å². The lowest BCUT2D eigenvalue weighted by molar-refractivity contribution is -0.402. The Hall–Kier alpha value is -3.69. The third-order valence-electron chi connectivity index (χ3n) is 2.91. The second-order valence-electron chi connectivity index (χ2n) is 5.09. The first kappa shape index (κ1) is 20.4. The third kappa shape index (κ3) is 6.83. The number of nitro groups is 1. The lowest BCUT2D eigenvalue weighted by atomic mass is 10.2. The van der Waals surface area contributed by atoms with Gasteiger partial charge in [0.05, 0.1) is 12.3 Å². The minimum atomic E-state index is -0.674. The molecule has 0 radical (unpaired) electrons. The molecule has 0 unspecified atom stereocenters. The molecular formula is C16H18N4O6. The zero-order valence-electron chi connectivity index (χ0n) is 14.4. The smallest absolute Gasteiger partial charge is 0.433 e. The molecule has 1 aromatic heterocycles. The minimum Gasteiger partial charge on any atom is -0.508 e. The molecule has 2 rings (SSSR count). The number of amides is 2. The molecule has 0 fully saturated rings. The zero-order chi connectivity index (χ0) is 19.7. The molecule has 0 aliphatic heterocycles. The van der Waals surface area contributed by atoms with Gasteiger partial charge in [0, 0.05) is 26.6 Å². The second-order valence-corrected chi connectivity index (χ2v) is 5.09. The van der Waals surface area contributed by atoms with Crippen molar-refractivity contribution in [1.82, 2.24) is 10.3 Å². The number of hydrogen-bond acceptors (Lipinski definition) is 7. The summed E-state index contributed by atoms with van der Waals surface area (Å²) in [5, 5.41) is 23.1.